The van der Waals surface area contributed by atoms with E-state index in [0.29, 0.717) is 38.6 Å². The molecule has 0 aliphatic heterocycles. The number of rotatable bonds is 14. The van der Waals surface area contributed by atoms with Gasteiger partial charge in [-0.2, -0.15) is 0 Å². The second-order valence-corrected chi connectivity index (χ2v) is 5.39. The number of nitrogens with one attached hydrogen (secondary N) is 2. The predicted molar refractivity (Wildman–Crippen MR) is 95.0 cm³/mol. The number of aliphatic hydroxyl groups is 1. The Morgan fingerprint density at radius 2 is 1.80 bits per heavy atom. The molecule has 1 aromatic carbocycles. The molecule has 1 unspecified atom stereocenters. The highest BCUT2D eigenvalue weighted by Crippen LogP contribution is 2.17. The lowest BCUT2D eigenvalue weighted by molar-refractivity contribution is 0.100. The van der Waals surface area contributed by atoms with Crippen LogP contribution in [-0.4, -0.2) is 63.3 Å². The van der Waals surface area contributed by atoms with Crippen molar-refractivity contribution in [3.63, 3.8) is 0 Å². The van der Waals surface area contributed by atoms with Crippen molar-refractivity contribution < 1.29 is 24.1 Å². The average molecular weight is 355 g/mol. The SMILES string of the molecule is CCCOCCOc1ccc(OCC(O)CNCCNC(N)=O)cc1. The molecule has 8 heteroatoms. The van der Waals surface area contributed by atoms with Crippen LogP contribution < -0.4 is 25.8 Å². The third-order valence-electron chi connectivity index (χ3n) is 3.09. The Balaban J connectivity index is 2.12. The number of carbonyl (C=O) groups excluding carboxylic acids is 1. The molecule has 0 fully saturated rings. The fraction of sp³-hybridized carbons (Fsp3) is 0.588. The van der Waals surface area contributed by atoms with E-state index in [1.54, 1.807) is 12.1 Å². The van der Waals surface area contributed by atoms with E-state index in [9.17, 15) is 9.90 Å². The summed E-state index contributed by atoms with van der Waals surface area (Å²) in [5.74, 6) is 1.40. The van der Waals surface area contributed by atoms with Crippen molar-refractivity contribution in [3.8, 4) is 11.5 Å². The molecular formula is C17H29N3O5. The van der Waals surface area contributed by atoms with Gasteiger partial charge in [0.25, 0.3) is 0 Å². The van der Waals surface area contributed by atoms with Crippen molar-refractivity contribution in [3.05, 3.63) is 24.3 Å². The van der Waals surface area contributed by atoms with Crippen LogP contribution in [0.25, 0.3) is 0 Å². The van der Waals surface area contributed by atoms with Gasteiger partial charge in [0.2, 0.25) is 0 Å². The summed E-state index contributed by atoms with van der Waals surface area (Å²) in [5.41, 5.74) is 4.94. The van der Waals surface area contributed by atoms with Crippen LogP contribution in [-0.2, 0) is 4.74 Å². The maximum Gasteiger partial charge on any atom is 0.312 e. The largest absolute Gasteiger partial charge is 0.491 e. The molecule has 0 bridgehead atoms. The second kappa shape index (κ2) is 13.3. The number of urea groups is 1. The molecule has 8 nitrogen and oxygen atoms in total. The summed E-state index contributed by atoms with van der Waals surface area (Å²) in [5, 5.41) is 15.3. The lowest BCUT2D eigenvalue weighted by atomic mass is 10.3. The zero-order chi connectivity index (χ0) is 18.3. The second-order valence-electron chi connectivity index (χ2n) is 5.39. The standard InChI is InChI=1S/C17H29N3O5/c1-2-9-23-10-11-24-15-3-5-16(6-4-15)25-13-14(21)12-19-7-8-20-17(18)22/h3-6,14,19,21H,2,7-13H2,1H3,(H3,18,20,22). The number of nitrogens with two attached hydrogens (primary N) is 1. The molecule has 5 N–H and O–H groups in total. The number of carbonyl (C=O) groups is 1. The van der Waals surface area contributed by atoms with E-state index >= 15 is 0 Å². The Morgan fingerprint density at radius 3 is 2.44 bits per heavy atom. The first kappa shape index (κ1) is 21.0. The van der Waals surface area contributed by atoms with Gasteiger partial charge < -0.3 is 35.7 Å². The van der Waals surface area contributed by atoms with Gasteiger partial charge in [0.05, 0.1) is 6.61 Å². The molecule has 1 rings (SSSR count). The van der Waals surface area contributed by atoms with Gasteiger partial charge in [-0.25, -0.2) is 4.79 Å². The van der Waals surface area contributed by atoms with Crippen molar-refractivity contribution in [2.75, 3.05) is 46.1 Å². The minimum Gasteiger partial charge on any atom is -0.491 e. The van der Waals surface area contributed by atoms with Gasteiger partial charge in [-0.3, -0.25) is 0 Å². The summed E-state index contributed by atoms with van der Waals surface area (Å²) in [6.07, 6.45) is 0.345. The van der Waals surface area contributed by atoms with Crippen molar-refractivity contribution in [2.45, 2.75) is 19.4 Å². The Kier molecular flexibility index (Phi) is 11.2. The maximum atomic E-state index is 10.5. The van der Waals surface area contributed by atoms with Crippen LogP contribution >= 0.6 is 0 Å². The van der Waals surface area contributed by atoms with E-state index in [-0.39, 0.29) is 6.61 Å². The molecule has 142 valence electrons. The highest BCUT2D eigenvalue weighted by molar-refractivity contribution is 5.71. The van der Waals surface area contributed by atoms with Crippen LogP contribution in [0.4, 0.5) is 4.79 Å². The molecule has 0 aliphatic rings. The van der Waals surface area contributed by atoms with Crippen molar-refractivity contribution in [1.82, 2.24) is 10.6 Å². The molecule has 0 aromatic heterocycles. The van der Waals surface area contributed by atoms with Crippen LogP contribution in [0.15, 0.2) is 24.3 Å². The first-order valence-electron chi connectivity index (χ1n) is 8.47. The topological polar surface area (TPSA) is 115 Å². The van der Waals surface area contributed by atoms with Gasteiger partial charge in [-0.15, -0.1) is 0 Å². The van der Waals surface area contributed by atoms with E-state index in [1.807, 2.05) is 12.1 Å². The smallest absolute Gasteiger partial charge is 0.312 e. The summed E-state index contributed by atoms with van der Waals surface area (Å²) in [6.45, 7) is 5.35. The molecular weight excluding hydrogens is 326 g/mol. The number of benzene rings is 1. The number of hydrogen-bond acceptors (Lipinski definition) is 6. The van der Waals surface area contributed by atoms with Gasteiger partial charge in [0.15, 0.2) is 0 Å². The van der Waals surface area contributed by atoms with Gasteiger partial charge in [-0.1, -0.05) is 6.92 Å². The third-order valence-corrected chi connectivity index (χ3v) is 3.09. The highest BCUT2D eigenvalue weighted by atomic mass is 16.5. The average Bonchev–Trinajstić information content (AvgIpc) is 2.60. The maximum absolute atomic E-state index is 10.5. The van der Waals surface area contributed by atoms with E-state index in [1.165, 1.54) is 0 Å². The lowest BCUT2D eigenvalue weighted by Gasteiger charge is -2.14. The van der Waals surface area contributed by atoms with E-state index < -0.39 is 12.1 Å². The molecule has 2 amide bonds. The number of ether oxygens (including phenoxy) is 3. The summed E-state index contributed by atoms with van der Waals surface area (Å²) in [4.78, 5) is 10.5. The quantitative estimate of drug-likeness (QED) is 0.361. The predicted octanol–water partition coefficient (Wildman–Crippen LogP) is 0.490. The Morgan fingerprint density at radius 1 is 1.12 bits per heavy atom. The first-order chi connectivity index (χ1) is 12.1. The zero-order valence-corrected chi connectivity index (χ0v) is 14.7. The molecule has 0 radical (unpaired) electrons. The van der Waals surface area contributed by atoms with Crippen molar-refractivity contribution in [1.29, 1.82) is 0 Å². The van der Waals surface area contributed by atoms with E-state index in [0.717, 1.165) is 18.8 Å². The van der Waals surface area contributed by atoms with Gasteiger partial charge >= 0.3 is 6.03 Å². The van der Waals surface area contributed by atoms with Crippen molar-refractivity contribution in [2.24, 2.45) is 5.73 Å². The number of primary amides is 1. The molecule has 1 aromatic rings. The first-order valence-corrected chi connectivity index (χ1v) is 8.47. The molecule has 0 spiro atoms. The molecule has 1 atom stereocenters. The molecule has 0 aliphatic carbocycles. The van der Waals surface area contributed by atoms with Crippen LogP contribution in [0.2, 0.25) is 0 Å². The fourth-order valence-electron chi connectivity index (χ4n) is 1.89. The number of amides is 2. The summed E-state index contributed by atoms with van der Waals surface area (Å²) >= 11 is 0. The van der Waals surface area contributed by atoms with Crippen LogP contribution in [0.5, 0.6) is 11.5 Å². The Bertz CT molecular complexity index is 470. The number of aliphatic hydroxyl groups excluding tert-OH is 1. The minimum atomic E-state index is -0.653. The van der Waals surface area contributed by atoms with Gasteiger partial charge in [0.1, 0.15) is 30.8 Å². The Hall–Kier alpha value is -2.03. The molecule has 0 heterocycles. The minimum absolute atomic E-state index is 0.168. The monoisotopic (exact) mass is 355 g/mol. The van der Waals surface area contributed by atoms with E-state index in [2.05, 4.69) is 17.6 Å². The van der Waals surface area contributed by atoms with Gasteiger partial charge in [-0.05, 0) is 30.7 Å². The summed E-state index contributed by atoms with van der Waals surface area (Å²) in [6, 6.07) is 6.65. The lowest BCUT2D eigenvalue weighted by Crippen LogP contribution is -2.38. The Labute approximate surface area is 148 Å². The molecule has 0 saturated heterocycles. The van der Waals surface area contributed by atoms with Crippen LogP contribution in [0, 0.1) is 0 Å². The normalized spacial score (nSPS) is 11.8. The van der Waals surface area contributed by atoms with E-state index in [4.69, 9.17) is 19.9 Å². The zero-order valence-electron chi connectivity index (χ0n) is 14.7. The van der Waals surface area contributed by atoms with Crippen LogP contribution in [0.1, 0.15) is 13.3 Å². The van der Waals surface area contributed by atoms with Crippen molar-refractivity contribution >= 4 is 6.03 Å². The fourth-order valence-corrected chi connectivity index (χ4v) is 1.89. The van der Waals surface area contributed by atoms with Gasteiger partial charge in [0, 0.05) is 26.2 Å². The number of hydrogen-bond donors (Lipinski definition) is 4. The van der Waals surface area contributed by atoms with Crippen LogP contribution in [0.3, 0.4) is 0 Å². The summed E-state index contributed by atoms with van der Waals surface area (Å²) < 4.78 is 16.4. The highest BCUT2D eigenvalue weighted by Gasteiger charge is 2.05. The third kappa shape index (κ3) is 11.2. The molecule has 25 heavy (non-hydrogen) atoms. The molecule has 0 saturated carbocycles. The summed E-state index contributed by atoms with van der Waals surface area (Å²) in [7, 11) is 0.